The lowest BCUT2D eigenvalue weighted by Gasteiger charge is -2.30. The Morgan fingerprint density at radius 1 is 1.20 bits per heavy atom. The molecule has 0 saturated carbocycles. The SMILES string of the molecule is CCCN(CCOC1CCCCO1)CC1CCCNC1. The standard InChI is InChI=1S/C16H32N2O2/c1-2-9-18(14-15-6-5-8-17-13-15)10-12-20-16-7-3-4-11-19-16/h15-17H,2-14H2,1H3. The van der Waals surface area contributed by atoms with Crippen molar-refractivity contribution in [2.24, 2.45) is 5.92 Å². The lowest BCUT2D eigenvalue weighted by atomic mass is 9.99. The second-order valence-corrected chi connectivity index (χ2v) is 6.18. The lowest BCUT2D eigenvalue weighted by Crippen LogP contribution is -2.40. The van der Waals surface area contributed by atoms with Gasteiger partial charge in [0.15, 0.2) is 6.29 Å². The Morgan fingerprint density at radius 2 is 2.15 bits per heavy atom. The number of hydrogen-bond donors (Lipinski definition) is 1. The molecule has 4 nitrogen and oxygen atoms in total. The smallest absolute Gasteiger partial charge is 0.157 e. The Balaban J connectivity index is 1.62. The number of ether oxygens (including phenoxy) is 2. The van der Waals surface area contributed by atoms with Gasteiger partial charge in [-0.05, 0) is 64.1 Å². The molecule has 118 valence electrons. The van der Waals surface area contributed by atoms with Crippen LogP contribution in [0.2, 0.25) is 0 Å². The maximum atomic E-state index is 5.87. The molecule has 0 aromatic heterocycles. The van der Waals surface area contributed by atoms with Gasteiger partial charge in [-0.3, -0.25) is 0 Å². The highest BCUT2D eigenvalue weighted by atomic mass is 16.7. The van der Waals surface area contributed by atoms with Gasteiger partial charge in [-0.25, -0.2) is 0 Å². The summed E-state index contributed by atoms with van der Waals surface area (Å²) >= 11 is 0. The number of piperidine rings is 1. The van der Waals surface area contributed by atoms with Gasteiger partial charge >= 0.3 is 0 Å². The van der Waals surface area contributed by atoms with Crippen LogP contribution in [0.25, 0.3) is 0 Å². The molecule has 2 atom stereocenters. The summed E-state index contributed by atoms with van der Waals surface area (Å²) in [5, 5.41) is 3.51. The number of rotatable bonds is 8. The first kappa shape index (κ1) is 16.2. The first-order valence-corrected chi connectivity index (χ1v) is 8.54. The second-order valence-electron chi connectivity index (χ2n) is 6.18. The van der Waals surface area contributed by atoms with E-state index in [2.05, 4.69) is 17.1 Å². The van der Waals surface area contributed by atoms with E-state index in [0.717, 1.165) is 32.1 Å². The highest BCUT2D eigenvalue weighted by molar-refractivity contribution is 4.73. The summed E-state index contributed by atoms with van der Waals surface area (Å²) in [6.45, 7) is 9.78. The minimum Gasteiger partial charge on any atom is -0.353 e. The Hall–Kier alpha value is -0.160. The molecule has 0 amide bonds. The van der Waals surface area contributed by atoms with Crippen LogP contribution in [0, 0.1) is 5.92 Å². The zero-order chi connectivity index (χ0) is 14.0. The molecule has 0 aromatic rings. The maximum absolute atomic E-state index is 5.87. The summed E-state index contributed by atoms with van der Waals surface area (Å²) in [6, 6.07) is 0. The van der Waals surface area contributed by atoms with Crippen molar-refractivity contribution >= 4 is 0 Å². The highest BCUT2D eigenvalue weighted by Crippen LogP contribution is 2.14. The fourth-order valence-electron chi connectivity index (χ4n) is 3.21. The quantitative estimate of drug-likeness (QED) is 0.741. The highest BCUT2D eigenvalue weighted by Gasteiger charge is 2.18. The molecule has 1 N–H and O–H groups in total. The predicted molar refractivity (Wildman–Crippen MR) is 81.9 cm³/mol. The van der Waals surface area contributed by atoms with Gasteiger partial charge in [-0.2, -0.15) is 0 Å². The molecule has 2 aliphatic rings. The van der Waals surface area contributed by atoms with E-state index < -0.39 is 0 Å². The number of nitrogens with one attached hydrogen (secondary N) is 1. The van der Waals surface area contributed by atoms with Crippen LogP contribution in [-0.2, 0) is 9.47 Å². The Labute approximate surface area is 124 Å². The van der Waals surface area contributed by atoms with Gasteiger partial charge in [-0.1, -0.05) is 6.92 Å². The van der Waals surface area contributed by atoms with E-state index in [1.807, 2.05) is 0 Å². The molecule has 20 heavy (non-hydrogen) atoms. The molecule has 2 rings (SSSR count). The summed E-state index contributed by atoms with van der Waals surface area (Å²) in [5.74, 6) is 0.821. The van der Waals surface area contributed by atoms with Crippen molar-refractivity contribution in [3.8, 4) is 0 Å². The van der Waals surface area contributed by atoms with E-state index >= 15 is 0 Å². The van der Waals surface area contributed by atoms with Crippen molar-refractivity contribution in [3.63, 3.8) is 0 Å². The maximum Gasteiger partial charge on any atom is 0.157 e. The third-order valence-electron chi connectivity index (χ3n) is 4.30. The normalized spacial score (nSPS) is 27.9. The van der Waals surface area contributed by atoms with Crippen LogP contribution in [0.4, 0.5) is 0 Å². The minimum absolute atomic E-state index is 0.0589. The van der Waals surface area contributed by atoms with Gasteiger partial charge in [0.1, 0.15) is 0 Å². The Bertz CT molecular complexity index is 239. The van der Waals surface area contributed by atoms with Gasteiger partial charge in [0.2, 0.25) is 0 Å². The molecular formula is C16H32N2O2. The van der Waals surface area contributed by atoms with E-state index in [1.54, 1.807) is 0 Å². The van der Waals surface area contributed by atoms with Crippen LogP contribution in [0.5, 0.6) is 0 Å². The molecule has 4 heteroatoms. The molecule has 0 bridgehead atoms. The van der Waals surface area contributed by atoms with Crippen molar-refractivity contribution in [3.05, 3.63) is 0 Å². The fourth-order valence-corrected chi connectivity index (χ4v) is 3.21. The van der Waals surface area contributed by atoms with Gasteiger partial charge in [0, 0.05) is 19.7 Å². The van der Waals surface area contributed by atoms with Crippen LogP contribution in [-0.4, -0.2) is 57.1 Å². The first-order valence-electron chi connectivity index (χ1n) is 8.54. The summed E-state index contributed by atoms with van der Waals surface area (Å²) in [4.78, 5) is 2.57. The largest absolute Gasteiger partial charge is 0.353 e. The van der Waals surface area contributed by atoms with Gasteiger partial charge in [0.25, 0.3) is 0 Å². The number of nitrogens with zero attached hydrogens (tertiary/aromatic N) is 1. The van der Waals surface area contributed by atoms with E-state index in [1.165, 1.54) is 58.3 Å². The van der Waals surface area contributed by atoms with Crippen LogP contribution in [0.1, 0.15) is 45.4 Å². The molecule has 0 aromatic carbocycles. The average Bonchev–Trinajstić information content (AvgIpc) is 2.49. The van der Waals surface area contributed by atoms with E-state index in [9.17, 15) is 0 Å². The van der Waals surface area contributed by atoms with Crippen molar-refractivity contribution in [2.45, 2.75) is 51.7 Å². The summed E-state index contributed by atoms with van der Waals surface area (Å²) in [5.41, 5.74) is 0. The molecule has 2 saturated heterocycles. The molecule has 2 aliphatic heterocycles. The van der Waals surface area contributed by atoms with E-state index in [0.29, 0.717) is 0 Å². The van der Waals surface area contributed by atoms with E-state index in [-0.39, 0.29) is 6.29 Å². The molecule has 2 heterocycles. The van der Waals surface area contributed by atoms with Crippen LogP contribution in [0.15, 0.2) is 0 Å². The van der Waals surface area contributed by atoms with Crippen LogP contribution >= 0.6 is 0 Å². The summed E-state index contributed by atoms with van der Waals surface area (Å²) in [7, 11) is 0. The molecular weight excluding hydrogens is 252 g/mol. The van der Waals surface area contributed by atoms with E-state index in [4.69, 9.17) is 9.47 Å². The summed E-state index contributed by atoms with van der Waals surface area (Å²) < 4.78 is 11.5. The zero-order valence-electron chi connectivity index (χ0n) is 13.1. The molecule has 2 unspecified atom stereocenters. The molecule has 2 fully saturated rings. The predicted octanol–water partition coefficient (Wildman–Crippen LogP) is 2.24. The first-order chi connectivity index (χ1) is 9.88. The van der Waals surface area contributed by atoms with Crippen molar-refractivity contribution in [1.29, 1.82) is 0 Å². The zero-order valence-corrected chi connectivity index (χ0v) is 13.1. The summed E-state index contributed by atoms with van der Waals surface area (Å²) in [6.07, 6.45) is 7.49. The molecule has 0 spiro atoms. The second kappa shape index (κ2) is 9.72. The average molecular weight is 284 g/mol. The van der Waals surface area contributed by atoms with Crippen LogP contribution in [0.3, 0.4) is 0 Å². The van der Waals surface area contributed by atoms with Gasteiger partial charge in [0.05, 0.1) is 6.61 Å². The fraction of sp³-hybridized carbons (Fsp3) is 1.00. The third kappa shape index (κ3) is 6.08. The van der Waals surface area contributed by atoms with Crippen molar-refractivity contribution < 1.29 is 9.47 Å². The van der Waals surface area contributed by atoms with Crippen LogP contribution < -0.4 is 5.32 Å². The number of hydrogen-bond acceptors (Lipinski definition) is 4. The van der Waals surface area contributed by atoms with Gasteiger partial charge in [-0.15, -0.1) is 0 Å². The van der Waals surface area contributed by atoms with Crippen molar-refractivity contribution in [2.75, 3.05) is 45.9 Å². The van der Waals surface area contributed by atoms with Gasteiger partial charge < -0.3 is 19.7 Å². The Kier molecular flexibility index (Phi) is 7.88. The molecule has 0 aliphatic carbocycles. The molecule has 0 radical (unpaired) electrons. The third-order valence-corrected chi connectivity index (χ3v) is 4.30. The minimum atomic E-state index is 0.0589. The van der Waals surface area contributed by atoms with Crippen molar-refractivity contribution in [1.82, 2.24) is 10.2 Å². The lowest BCUT2D eigenvalue weighted by molar-refractivity contribution is -0.164. The monoisotopic (exact) mass is 284 g/mol. The Morgan fingerprint density at radius 3 is 2.85 bits per heavy atom. The topological polar surface area (TPSA) is 33.7 Å².